The first kappa shape index (κ1) is 17.5. The summed E-state index contributed by atoms with van der Waals surface area (Å²) in [6, 6.07) is 2.01. The number of hydrogen-bond acceptors (Lipinski definition) is 4. The zero-order valence-electron chi connectivity index (χ0n) is 11.7. The van der Waals surface area contributed by atoms with Gasteiger partial charge in [0, 0.05) is 25.9 Å². The SMILES string of the molecule is CCOC(=O)/C(=C\N(C)C)C(=O)c1cc(F)c(Cl)cc1Cl. The first-order valence-corrected chi connectivity index (χ1v) is 6.78. The Bertz CT molecular complexity index is 600. The minimum Gasteiger partial charge on any atom is -0.462 e. The summed E-state index contributed by atoms with van der Waals surface area (Å²) in [5.41, 5.74) is -0.398. The van der Waals surface area contributed by atoms with Crippen molar-refractivity contribution in [2.24, 2.45) is 0 Å². The van der Waals surface area contributed by atoms with Gasteiger partial charge in [0.25, 0.3) is 0 Å². The first-order valence-electron chi connectivity index (χ1n) is 6.02. The topological polar surface area (TPSA) is 46.6 Å². The summed E-state index contributed by atoms with van der Waals surface area (Å²) >= 11 is 11.5. The highest BCUT2D eigenvalue weighted by Gasteiger charge is 2.24. The molecule has 0 aliphatic heterocycles. The summed E-state index contributed by atoms with van der Waals surface area (Å²) in [5.74, 6) is -2.33. The minimum absolute atomic E-state index is 0.0413. The van der Waals surface area contributed by atoms with Crippen LogP contribution in [0.4, 0.5) is 4.39 Å². The van der Waals surface area contributed by atoms with Crippen molar-refractivity contribution in [2.45, 2.75) is 6.92 Å². The zero-order valence-corrected chi connectivity index (χ0v) is 13.3. The maximum atomic E-state index is 13.5. The van der Waals surface area contributed by atoms with Crippen molar-refractivity contribution in [2.75, 3.05) is 20.7 Å². The molecule has 1 aromatic rings. The molecule has 0 unspecified atom stereocenters. The van der Waals surface area contributed by atoms with E-state index < -0.39 is 17.6 Å². The number of nitrogens with zero attached hydrogens (tertiary/aromatic N) is 1. The quantitative estimate of drug-likeness (QED) is 0.207. The molecule has 0 saturated heterocycles. The van der Waals surface area contributed by atoms with Gasteiger partial charge >= 0.3 is 5.97 Å². The number of Topliss-reactive ketones (excluding diaryl/α,β-unsaturated/α-hetero) is 1. The number of ketones is 1. The molecule has 7 heteroatoms. The van der Waals surface area contributed by atoms with Crippen molar-refractivity contribution in [3.63, 3.8) is 0 Å². The first-order chi connectivity index (χ1) is 9.77. The third-order valence-corrected chi connectivity index (χ3v) is 2.98. The van der Waals surface area contributed by atoms with E-state index >= 15 is 0 Å². The predicted molar refractivity (Wildman–Crippen MR) is 79.2 cm³/mol. The third-order valence-electron chi connectivity index (χ3n) is 2.38. The summed E-state index contributed by atoms with van der Waals surface area (Å²) in [7, 11) is 3.27. The van der Waals surface area contributed by atoms with Gasteiger partial charge in [-0.25, -0.2) is 9.18 Å². The number of carbonyl (C=O) groups is 2. The van der Waals surface area contributed by atoms with E-state index in [1.807, 2.05) is 0 Å². The summed E-state index contributed by atoms with van der Waals surface area (Å²) in [6.07, 6.45) is 1.29. The Morgan fingerprint density at radius 2 is 1.90 bits per heavy atom. The molecular formula is C14H14Cl2FNO3. The molecule has 4 nitrogen and oxygen atoms in total. The lowest BCUT2D eigenvalue weighted by molar-refractivity contribution is -0.138. The fraction of sp³-hybridized carbons (Fsp3) is 0.286. The van der Waals surface area contributed by atoms with Crippen LogP contribution in [0.2, 0.25) is 10.0 Å². The van der Waals surface area contributed by atoms with Crippen LogP contribution in [-0.2, 0) is 9.53 Å². The molecule has 0 spiro atoms. The molecular weight excluding hydrogens is 320 g/mol. The second kappa shape index (κ2) is 7.43. The number of ether oxygens (including phenoxy) is 1. The molecule has 0 heterocycles. The Morgan fingerprint density at radius 1 is 1.29 bits per heavy atom. The van der Waals surface area contributed by atoms with Gasteiger partial charge in [0.1, 0.15) is 11.4 Å². The van der Waals surface area contributed by atoms with Gasteiger partial charge in [-0.05, 0) is 19.1 Å². The molecule has 0 amide bonds. The van der Waals surface area contributed by atoms with E-state index in [0.29, 0.717) is 0 Å². The van der Waals surface area contributed by atoms with Crippen molar-refractivity contribution < 1.29 is 18.7 Å². The van der Waals surface area contributed by atoms with Gasteiger partial charge in [-0.1, -0.05) is 23.2 Å². The second-order valence-electron chi connectivity index (χ2n) is 4.30. The molecule has 0 saturated carbocycles. The van der Waals surface area contributed by atoms with Gasteiger partial charge in [-0.15, -0.1) is 0 Å². The monoisotopic (exact) mass is 333 g/mol. The van der Waals surface area contributed by atoms with Crippen LogP contribution in [0.25, 0.3) is 0 Å². The number of hydrogen-bond donors (Lipinski definition) is 0. The Morgan fingerprint density at radius 3 is 2.43 bits per heavy atom. The lowest BCUT2D eigenvalue weighted by Crippen LogP contribution is -2.20. The van der Waals surface area contributed by atoms with E-state index in [1.165, 1.54) is 11.1 Å². The highest BCUT2D eigenvalue weighted by molar-refractivity contribution is 6.39. The number of carbonyl (C=O) groups excluding carboxylic acids is 2. The number of benzene rings is 1. The standard InChI is InChI=1S/C14H14Cl2FNO3/c1-4-21-14(20)9(7-18(2)3)13(19)8-5-12(17)11(16)6-10(8)15/h5-7H,4H2,1-3H3/b9-7-. The zero-order chi connectivity index (χ0) is 16.2. The third kappa shape index (κ3) is 4.44. The average molecular weight is 334 g/mol. The Kier molecular flexibility index (Phi) is 6.18. The van der Waals surface area contributed by atoms with Gasteiger partial charge in [0.2, 0.25) is 5.78 Å². The van der Waals surface area contributed by atoms with Crippen molar-refractivity contribution >= 4 is 35.0 Å². The smallest absolute Gasteiger partial charge is 0.343 e. The van der Waals surface area contributed by atoms with Crippen molar-refractivity contribution in [1.29, 1.82) is 0 Å². The fourth-order valence-corrected chi connectivity index (χ4v) is 1.98. The van der Waals surface area contributed by atoms with Crippen LogP contribution in [0.3, 0.4) is 0 Å². The van der Waals surface area contributed by atoms with E-state index in [-0.39, 0.29) is 27.8 Å². The van der Waals surface area contributed by atoms with Crippen LogP contribution in [0.1, 0.15) is 17.3 Å². The number of esters is 1. The minimum atomic E-state index is -0.803. The molecule has 1 rings (SSSR count). The lowest BCUT2D eigenvalue weighted by Gasteiger charge is -2.11. The molecule has 114 valence electrons. The van der Waals surface area contributed by atoms with E-state index in [2.05, 4.69) is 0 Å². The van der Waals surface area contributed by atoms with E-state index in [0.717, 1.165) is 12.1 Å². The molecule has 0 aromatic heterocycles. The molecule has 0 radical (unpaired) electrons. The highest BCUT2D eigenvalue weighted by atomic mass is 35.5. The molecule has 0 N–H and O–H groups in total. The lowest BCUT2D eigenvalue weighted by atomic mass is 10.0. The summed E-state index contributed by atoms with van der Waals surface area (Å²) in [4.78, 5) is 25.8. The normalized spacial score (nSPS) is 11.2. The van der Waals surface area contributed by atoms with Gasteiger partial charge in [0.15, 0.2) is 0 Å². The average Bonchev–Trinajstić information content (AvgIpc) is 2.39. The van der Waals surface area contributed by atoms with E-state index in [9.17, 15) is 14.0 Å². The van der Waals surface area contributed by atoms with Crippen LogP contribution >= 0.6 is 23.2 Å². The molecule has 0 aliphatic carbocycles. The van der Waals surface area contributed by atoms with Crippen molar-refractivity contribution in [1.82, 2.24) is 4.90 Å². The summed E-state index contributed by atoms with van der Waals surface area (Å²) < 4.78 is 18.3. The Balaban J connectivity index is 3.30. The summed E-state index contributed by atoms with van der Waals surface area (Å²) in [5, 5.41) is -0.244. The molecule has 1 aromatic carbocycles. The summed E-state index contributed by atoms with van der Waals surface area (Å²) in [6.45, 7) is 1.73. The maximum Gasteiger partial charge on any atom is 0.343 e. The van der Waals surface area contributed by atoms with Crippen LogP contribution in [0.5, 0.6) is 0 Å². The maximum absolute atomic E-state index is 13.5. The predicted octanol–water partition coefficient (Wildman–Crippen LogP) is 3.32. The highest BCUT2D eigenvalue weighted by Crippen LogP contribution is 2.26. The van der Waals surface area contributed by atoms with Gasteiger partial charge in [-0.2, -0.15) is 0 Å². The van der Waals surface area contributed by atoms with Crippen LogP contribution < -0.4 is 0 Å². The Labute approximate surface area is 132 Å². The number of halogens is 3. The van der Waals surface area contributed by atoms with Crippen molar-refractivity contribution in [3.05, 3.63) is 45.3 Å². The molecule has 0 fully saturated rings. The molecule has 0 atom stereocenters. The van der Waals surface area contributed by atoms with Crippen LogP contribution in [0.15, 0.2) is 23.9 Å². The second-order valence-corrected chi connectivity index (χ2v) is 5.12. The number of rotatable bonds is 5. The van der Waals surface area contributed by atoms with E-state index in [1.54, 1.807) is 21.0 Å². The van der Waals surface area contributed by atoms with Gasteiger partial charge < -0.3 is 9.64 Å². The van der Waals surface area contributed by atoms with Gasteiger partial charge in [0.05, 0.1) is 16.7 Å². The largest absolute Gasteiger partial charge is 0.462 e. The molecule has 0 bridgehead atoms. The van der Waals surface area contributed by atoms with Crippen molar-refractivity contribution in [3.8, 4) is 0 Å². The van der Waals surface area contributed by atoms with Gasteiger partial charge in [-0.3, -0.25) is 4.79 Å². The van der Waals surface area contributed by atoms with Crippen LogP contribution in [-0.4, -0.2) is 37.4 Å². The van der Waals surface area contributed by atoms with E-state index in [4.69, 9.17) is 27.9 Å². The fourth-order valence-electron chi connectivity index (χ4n) is 1.51. The van der Waals surface area contributed by atoms with Crippen LogP contribution in [0, 0.1) is 5.82 Å². The Hall–Kier alpha value is -1.59. The molecule has 21 heavy (non-hydrogen) atoms. The molecule has 0 aliphatic rings.